The summed E-state index contributed by atoms with van der Waals surface area (Å²) in [7, 11) is 11.6. The van der Waals surface area contributed by atoms with Crippen molar-refractivity contribution in [2.45, 2.75) is 76.2 Å². The monoisotopic (exact) mass is 569 g/mol. The van der Waals surface area contributed by atoms with E-state index >= 15 is 0 Å². The first-order valence-corrected chi connectivity index (χ1v) is 12.7. The molecule has 4 radical (unpaired) electrons. The van der Waals surface area contributed by atoms with E-state index in [0.29, 0.717) is 30.7 Å². The van der Waals surface area contributed by atoms with Gasteiger partial charge in [-0.25, -0.2) is 18.7 Å². The first kappa shape index (κ1) is 30.8. The first-order chi connectivity index (χ1) is 17.8. The van der Waals surface area contributed by atoms with Crippen LogP contribution >= 0.6 is 11.3 Å². The minimum Gasteiger partial charge on any atom is -0.390 e. The van der Waals surface area contributed by atoms with E-state index in [2.05, 4.69) is 15.3 Å². The van der Waals surface area contributed by atoms with E-state index < -0.39 is 52.8 Å². The highest BCUT2D eigenvalue weighted by Crippen LogP contribution is 2.39. The van der Waals surface area contributed by atoms with E-state index in [1.807, 2.05) is 5.32 Å². The predicted molar refractivity (Wildman–Crippen MR) is 137 cm³/mol. The molecule has 1 saturated heterocycles. The van der Waals surface area contributed by atoms with Crippen molar-refractivity contribution in [3.05, 3.63) is 28.5 Å². The van der Waals surface area contributed by atoms with E-state index in [1.165, 1.54) is 18.7 Å². The van der Waals surface area contributed by atoms with Crippen LogP contribution in [0.25, 0.3) is 10.4 Å². The number of aromatic nitrogens is 2. The fourth-order valence-corrected chi connectivity index (χ4v) is 4.72. The maximum atomic E-state index is 14.2. The van der Waals surface area contributed by atoms with Crippen molar-refractivity contribution in [3.63, 3.8) is 0 Å². The summed E-state index contributed by atoms with van der Waals surface area (Å²) in [6.07, 6.45) is -5.51. The van der Waals surface area contributed by atoms with Crippen molar-refractivity contribution >= 4 is 44.7 Å². The van der Waals surface area contributed by atoms with E-state index in [4.69, 9.17) is 15.7 Å². The Hall–Kier alpha value is -2.74. The maximum absolute atomic E-state index is 14.2. The molecule has 3 N–H and O–H groups in total. The van der Waals surface area contributed by atoms with E-state index in [9.17, 15) is 36.6 Å². The Morgan fingerprint density at radius 3 is 2.41 bits per heavy atom. The average Bonchev–Trinajstić information content (AvgIpc) is 3.43. The summed E-state index contributed by atoms with van der Waals surface area (Å²) >= 11 is 0.579. The van der Waals surface area contributed by atoms with Gasteiger partial charge in [-0.05, 0) is 51.9 Å². The number of alkyl halides is 5. The lowest BCUT2D eigenvalue weighted by atomic mass is 9.54. The van der Waals surface area contributed by atoms with Crippen LogP contribution in [0.15, 0.2) is 12.3 Å². The normalized spacial score (nSPS) is 17.4. The second-order valence-corrected chi connectivity index (χ2v) is 10.9. The summed E-state index contributed by atoms with van der Waals surface area (Å²) < 4.78 is 67.2. The third-order valence-corrected chi connectivity index (χ3v) is 7.53. The van der Waals surface area contributed by atoms with Gasteiger partial charge in [0.2, 0.25) is 0 Å². The summed E-state index contributed by atoms with van der Waals surface area (Å²) in [6, 6.07) is -1.49. The lowest BCUT2D eigenvalue weighted by Gasteiger charge is -2.39. The molecule has 0 saturated carbocycles. The van der Waals surface area contributed by atoms with Crippen LogP contribution in [0.3, 0.4) is 0 Å². The van der Waals surface area contributed by atoms with Gasteiger partial charge in [-0.1, -0.05) is 0 Å². The van der Waals surface area contributed by atoms with Crippen LogP contribution in [-0.2, 0) is 0 Å². The van der Waals surface area contributed by atoms with Crippen molar-refractivity contribution in [1.29, 1.82) is 0 Å². The standard InChI is InChI=1S/C23H26B2F5N5O3S/c1-10-6-5-7-35(10)20(37)15-16(39-19(33-15)18(36)34-23(24,25)21(3,4)38)13-9-31-14(8-12(13)17(26)27)32-11(2)22(28,29)30/h8-11,17,38H,5-7H2,1-4H3,(H,31,32)(H,34,36)/t10-,11-/m0/s1. The number of pyridine rings is 1. The molecule has 3 rings (SSSR count). The molecule has 208 valence electrons. The molecule has 0 bridgehead atoms. The number of aliphatic hydroxyl groups is 1. The van der Waals surface area contributed by atoms with Gasteiger partial charge in [-0.3, -0.25) is 9.59 Å². The van der Waals surface area contributed by atoms with Crippen molar-refractivity contribution < 1.29 is 36.6 Å². The number of amides is 2. The minimum atomic E-state index is -4.65. The molecule has 1 fully saturated rings. The van der Waals surface area contributed by atoms with Gasteiger partial charge in [0.25, 0.3) is 18.2 Å². The van der Waals surface area contributed by atoms with Gasteiger partial charge in [-0.2, -0.15) is 13.2 Å². The van der Waals surface area contributed by atoms with Gasteiger partial charge in [0.05, 0.1) is 26.2 Å². The molecule has 2 atom stereocenters. The molecular formula is C23H26B2F5N5O3S. The van der Waals surface area contributed by atoms with Crippen LogP contribution < -0.4 is 10.6 Å². The first-order valence-electron chi connectivity index (χ1n) is 11.9. The molecule has 1 aliphatic heterocycles. The number of carbonyl (C=O) groups excluding carboxylic acids is 2. The van der Waals surface area contributed by atoms with Crippen LogP contribution in [-0.4, -0.2) is 83.2 Å². The van der Waals surface area contributed by atoms with Gasteiger partial charge in [-0.15, -0.1) is 11.3 Å². The zero-order chi connectivity index (χ0) is 29.5. The van der Waals surface area contributed by atoms with Crippen LogP contribution in [0.4, 0.5) is 27.8 Å². The van der Waals surface area contributed by atoms with Crippen LogP contribution in [0.2, 0.25) is 0 Å². The average molecular weight is 569 g/mol. The number of nitrogens with one attached hydrogen (secondary N) is 2. The van der Waals surface area contributed by atoms with Crippen molar-refractivity contribution in [3.8, 4) is 10.4 Å². The Labute approximate surface area is 228 Å². The molecule has 0 aliphatic carbocycles. The van der Waals surface area contributed by atoms with Gasteiger partial charge in [0.15, 0.2) is 5.01 Å². The Morgan fingerprint density at radius 1 is 1.26 bits per heavy atom. The van der Waals surface area contributed by atoms with Crippen molar-refractivity contribution in [2.24, 2.45) is 0 Å². The molecular weight excluding hydrogens is 543 g/mol. The van der Waals surface area contributed by atoms with Crippen LogP contribution in [0.5, 0.6) is 0 Å². The quantitative estimate of drug-likeness (QED) is 0.332. The van der Waals surface area contributed by atoms with E-state index in [1.54, 1.807) is 6.92 Å². The third-order valence-electron chi connectivity index (χ3n) is 6.44. The number of likely N-dealkylation sites (tertiary alicyclic amines) is 1. The number of carbonyl (C=O) groups is 2. The predicted octanol–water partition coefficient (Wildman–Crippen LogP) is 3.62. The number of thiazole rings is 1. The summed E-state index contributed by atoms with van der Waals surface area (Å²) in [5, 5.41) is 11.9. The number of halogens is 5. The highest BCUT2D eigenvalue weighted by molar-refractivity contribution is 7.17. The largest absolute Gasteiger partial charge is 0.408 e. The van der Waals surface area contributed by atoms with Crippen molar-refractivity contribution in [2.75, 3.05) is 11.9 Å². The highest BCUT2D eigenvalue weighted by Gasteiger charge is 2.38. The zero-order valence-corrected chi connectivity index (χ0v) is 22.4. The fraction of sp³-hybridized carbons (Fsp3) is 0.565. The van der Waals surface area contributed by atoms with Crippen molar-refractivity contribution in [1.82, 2.24) is 20.2 Å². The van der Waals surface area contributed by atoms with Gasteiger partial charge >= 0.3 is 6.18 Å². The fourth-order valence-electron chi connectivity index (χ4n) is 3.73. The SMILES string of the molecule is [B]C([B])(NC(=O)c1nc(C(=O)N2CCC[C@@H]2C)c(-c2cnc(N[C@@H](C)C(F)(F)F)cc2C(F)F)s1)C(C)(C)O. The molecule has 3 heterocycles. The molecule has 0 aromatic carbocycles. The Morgan fingerprint density at radius 2 is 1.90 bits per heavy atom. The molecule has 0 spiro atoms. The summed E-state index contributed by atoms with van der Waals surface area (Å²) in [6.45, 7) is 5.49. The summed E-state index contributed by atoms with van der Waals surface area (Å²) in [5.74, 6) is -2.05. The Balaban J connectivity index is 2.11. The maximum Gasteiger partial charge on any atom is 0.408 e. The highest BCUT2D eigenvalue weighted by atomic mass is 32.1. The number of anilines is 1. The molecule has 2 aromatic heterocycles. The lowest BCUT2D eigenvalue weighted by molar-refractivity contribution is -0.138. The molecule has 0 unspecified atom stereocenters. The molecule has 8 nitrogen and oxygen atoms in total. The third kappa shape index (κ3) is 6.71. The van der Waals surface area contributed by atoms with Crippen LogP contribution in [0.1, 0.15) is 72.8 Å². The Kier molecular flexibility index (Phi) is 8.71. The van der Waals surface area contributed by atoms with Gasteiger partial charge in [0, 0.05) is 29.9 Å². The molecule has 1 aliphatic rings. The number of hydrogen-bond donors (Lipinski definition) is 3. The van der Waals surface area contributed by atoms with Gasteiger partial charge in [0.1, 0.15) is 17.6 Å². The lowest BCUT2D eigenvalue weighted by Crippen LogP contribution is -2.63. The molecule has 16 heteroatoms. The summed E-state index contributed by atoms with van der Waals surface area (Å²) in [4.78, 5) is 35.7. The number of hydrogen-bond acceptors (Lipinski definition) is 7. The zero-order valence-electron chi connectivity index (χ0n) is 21.6. The molecule has 2 aromatic rings. The van der Waals surface area contributed by atoms with Gasteiger partial charge < -0.3 is 20.6 Å². The molecule has 39 heavy (non-hydrogen) atoms. The molecule has 2 amide bonds. The van der Waals surface area contributed by atoms with E-state index in [-0.39, 0.29) is 27.2 Å². The topological polar surface area (TPSA) is 107 Å². The second kappa shape index (κ2) is 11.0. The smallest absolute Gasteiger partial charge is 0.390 e. The number of nitrogens with zero attached hydrogens (tertiary/aromatic N) is 3. The summed E-state index contributed by atoms with van der Waals surface area (Å²) in [5.41, 5.74) is -3.09. The van der Waals surface area contributed by atoms with Crippen LogP contribution in [0, 0.1) is 0 Å². The minimum absolute atomic E-state index is 0.134. The number of rotatable bonds is 8. The van der Waals surface area contributed by atoms with E-state index in [0.717, 1.165) is 19.2 Å². The Bertz CT molecular complexity index is 1240. The second-order valence-electron chi connectivity index (χ2n) is 9.93.